The first-order valence-corrected chi connectivity index (χ1v) is 7.58. The number of aliphatic hydroxyl groups excluding tert-OH is 1. The fraction of sp³-hybridized carbons (Fsp3) is 0.647. The van der Waals surface area contributed by atoms with Crippen molar-refractivity contribution in [2.45, 2.75) is 52.4 Å². The molecule has 1 aliphatic heterocycles. The van der Waals surface area contributed by atoms with E-state index in [1.54, 1.807) is 0 Å². The molecule has 3 nitrogen and oxygen atoms in total. The van der Waals surface area contributed by atoms with Gasteiger partial charge in [-0.1, -0.05) is 18.2 Å². The molecule has 0 radical (unpaired) electrons. The van der Waals surface area contributed by atoms with Crippen LogP contribution in [0.3, 0.4) is 0 Å². The second-order valence-corrected chi connectivity index (χ2v) is 6.14. The fourth-order valence-corrected chi connectivity index (χ4v) is 2.91. The highest BCUT2D eigenvalue weighted by molar-refractivity contribution is 5.34. The van der Waals surface area contributed by atoms with Crippen LogP contribution in [0, 0.1) is 13.8 Å². The van der Waals surface area contributed by atoms with E-state index in [2.05, 4.69) is 50.8 Å². The highest BCUT2D eigenvalue weighted by Gasteiger charge is 2.28. The summed E-state index contributed by atoms with van der Waals surface area (Å²) in [6.07, 6.45) is 0.163. The van der Waals surface area contributed by atoms with Gasteiger partial charge in [-0.05, 0) is 44.4 Å². The summed E-state index contributed by atoms with van der Waals surface area (Å²) in [6, 6.07) is 6.79. The summed E-state index contributed by atoms with van der Waals surface area (Å²) in [5.74, 6) is 0. The van der Waals surface area contributed by atoms with Crippen LogP contribution in [0.25, 0.3) is 0 Å². The summed E-state index contributed by atoms with van der Waals surface area (Å²) in [5.41, 5.74) is 3.76. The minimum atomic E-state index is -0.434. The van der Waals surface area contributed by atoms with Crippen LogP contribution in [0.2, 0.25) is 0 Å². The van der Waals surface area contributed by atoms with E-state index in [9.17, 15) is 5.11 Å². The van der Waals surface area contributed by atoms with Gasteiger partial charge >= 0.3 is 0 Å². The zero-order valence-corrected chi connectivity index (χ0v) is 13.1. The summed E-state index contributed by atoms with van der Waals surface area (Å²) >= 11 is 0. The molecule has 20 heavy (non-hydrogen) atoms. The summed E-state index contributed by atoms with van der Waals surface area (Å²) in [4.78, 5) is 2.38. The van der Waals surface area contributed by atoms with E-state index in [1.165, 1.54) is 16.7 Å². The van der Waals surface area contributed by atoms with E-state index in [-0.39, 0.29) is 6.10 Å². The lowest BCUT2D eigenvalue weighted by Gasteiger charge is -2.37. The standard InChI is InChI=1S/C17H27NO2/c1-12(2)18-8-9-20-17(11-18)16(19)10-15-13(3)6-5-7-14(15)4/h5-7,12,16-17,19H,8-11H2,1-4H3. The lowest BCUT2D eigenvalue weighted by Crippen LogP contribution is -2.50. The first-order chi connectivity index (χ1) is 9.49. The third-order valence-electron chi connectivity index (χ3n) is 4.34. The predicted octanol–water partition coefficient (Wildman–Crippen LogP) is 2.32. The smallest absolute Gasteiger partial charge is 0.0964 e. The number of hydrogen-bond donors (Lipinski definition) is 1. The topological polar surface area (TPSA) is 32.7 Å². The minimum Gasteiger partial charge on any atom is -0.390 e. The molecule has 1 aliphatic rings. The molecular formula is C17H27NO2. The Balaban J connectivity index is 2.02. The number of hydrogen-bond acceptors (Lipinski definition) is 3. The first-order valence-electron chi connectivity index (χ1n) is 7.58. The molecule has 2 atom stereocenters. The van der Waals surface area contributed by atoms with Crippen LogP contribution in [-0.2, 0) is 11.2 Å². The second-order valence-electron chi connectivity index (χ2n) is 6.14. The van der Waals surface area contributed by atoms with Crippen LogP contribution in [0.15, 0.2) is 18.2 Å². The molecule has 0 bridgehead atoms. The van der Waals surface area contributed by atoms with Crippen molar-refractivity contribution < 1.29 is 9.84 Å². The summed E-state index contributed by atoms with van der Waals surface area (Å²) < 4.78 is 5.78. The monoisotopic (exact) mass is 277 g/mol. The van der Waals surface area contributed by atoms with E-state index in [1.807, 2.05) is 0 Å². The Labute approximate surface area is 122 Å². The van der Waals surface area contributed by atoms with Gasteiger partial charge in [-0.15, -0.1) is 0 Å². The predicted molar refractivity (Wildman–Crippen MR) is 82.1 cm³/mol. The van der Waals surface area contributed by atoms with E-state index >= 15 is 0 Å². The zero-order valence-electron chi connectivity index (χ0n) is 13.1. The van der Waals surface area contributed by atoms with Gasteiger partial charge in [0.2, 0.25) is 0 Å². The average Bonchev–Trinajstić information content (AvgIpc) is 2.43. The van der Waals surface area contributed by atoms with Crippen LogP contribution < -0.4 is 0 Å². The Bertz CT molecular complexity index is 424. The van der Waals surface area contributed by atoms with Crippen LogP contribution in [0.5, 0.6) is 0 Å². The van der Waals surface area contributed by atoms with Gasteiger partial charge in [0.25, 0.3) is 0 Å². The molecule has 0 amide bonds. The van der Waals surface area contributed by atoms with Gasteiger partial charge in [0.1, 0.15) is 0 Å². The summed E-state index contributed by atoms with van der Waals surface area (Å²) in [5, 5.41) is 10.5. The maximum atomic E-state index is 10.5. The van der Waals surface area contributed by atoms with Crippen LogP contribution in [0.1, 0.15) is 30.5 Å². The zero-order chi connectivity index (χ0) is 14.7. The Morgan fingerprint density at radius 2 is 1.95 bits per heavy atom. The molecule has 1 aromatic rings. The number of ether oxygens (including phenoxy) is 1. The number of rotatable bonds is 4. The third kappa shape index (κ3) is 3.60. The van der Waals surface area contributed by atoms with Crippen LogP contribution in [0.4, 0.5) is 0 Å². The van der Waals surface area contributed by atoms with Crippen molar-refractivity contribution in [2.24, 2.45) is 0 Å². The molecule has 2 unspecified atom stereocenters. The maximum Gasteiger partial charge on any atom is 0.0964 e. The normalized spacial score (nSPS) is 22.2. The van der Waals surface area contributed by atoms with Crippen LogP contribution in [-0.4, -0.2) is 48.0 Å². The van der Waals surface area contributed by atoms with Gasteiger partial charge in [-0.3, -0.25) is 4.90 Å². The van der Waals surface area contributed by atoms with E-state index < -0.39 is 6.10 Å². The first kappa shape index (κ1) is 15.5. The number of aryl methyl sites for hydroxylation is 2. The Kier molecular flexibility index (Phi) is 5.19. The van der Waals surface area contributed by atoms with E-state index in [0.29, 0.717) is 19.1 Å². The van der Waals surface area contributed by atoms with Crippen molar-refractivity contribution in [3.63, 3.8) is 0 Å². The van der Waals surface area contributed by atoms with E-state index in [4.69, 9.17) is 4.74 Å². The van der Waals surface area contributed by atoms with Crippen molar-refractivity contribution in [2.75, 3.05) is 19.7 Å². The average molecular weight is 277 g/mol. The largest absolute Gasteiger partial charge is 0.390 e. The summed E-state index contributed by atoms with van der Waals surface area (Å²) in [6.45, 7) is 11.1. The fourth-order valence-electron chi connectivity index (χ4n) is 2.91. The molecule has 1 saturated heterocycles. The van der Waals surface area contributed by atoms with Crippen LogP contribution >= 0.6 is 0 Å². The Hall–Kier alpha value is -0.900. The molecule has 0 spiro atoms. The highest BCUT2D eigenvalue weighted by Crippen LogP contribution is 2.19. The quantitative estimate of drug-likeness (QED) is 0.917. The van der Waals surface area contributed by atoms with Gasteiger partial charge in [0.05, 0.1) is 18.8 Å². The molecule has 2 rings (SSSR count). The van der Waals surface area contributed by atoms with Gasteiger partial charge in [-0.2, -0.15) is 0 Å². The van der Waals surface area contributed by atoms with Gasteiger partial charge < -0.3 is 9.84 Å². The lowest BCUT2D eigenvalue weighted by atomic mass is 9.95. The Morgan fingerprint density at radius 1 is 1.30 bits per heavy atom. The highest BCUT2D eigenvalue weighted by atomic mass is 16.5. The second kappa shape index (κ2) is 6.70. The van der Waals surface area contributed by atoms with Crippen molar-refractivity contribution in [1.29, 1.82) is 0 Å². The molecule has 0 saturated carbocycles. The van der Waals surface area contributed by atoms with E-state index in [0.717, 1.165) is 13.1 Å². The van der Waals surface area contributed by atoms with Crippen molar-refractivity contribution in [1.82, 2.24) is 4.90 Å². The minimum absolute atomic E-state index is 0.0786. The SMILES string of the molecule is Cc1cccc(C)c1CC(O)C1CN(C(C)C)CCO1. The molecule has 1 aromatic carbocycles. The molecular weight excluding hydrogens is 250 g/mol. The Morgan fingerprint density at radius 3 is 2.55 bits per heavy atom. The number of morpholine rings is 1. The molecule has 1 fully saturated rings. The number of nitrogens with zero attached hydrogens (tertiary/aromatic N) is 1. The van der Waals surface area contributed by atoms with Crippen molar-refractivity contribution >= 4 is 0 Å². The number of aliphatic hydroxyl groups is 1. The third-order valence-corrected chi connectivity index (χ3v) is 4.34. The molecule has 1 heterocycles. The van der Waals surface area contributed by atoms with Gasteiger partial charge in [0, 0.05) is 25.6 Å². The molecule has 0 aromatic heterocycles. The molecule has 112 valence electrons. The summed E-state index contributed by atoms with van der Waals surface area (Å²) in [7, 11) is 0. The lowest BCUT2D eigenvalue weighted by molar-refractivity contribution is -0.0941. The molecule has 3 heteroatoms. The van der Waals surface area contributed by atoms with Crippen molar-refractivity contribution in [3.8, 4) is 0 Å². The van der Waals surface area contributed by atoms with Gasteiger partial charge in [0.15, 0.2) is 0 Å². The van der Waals surface area contributed by atoms with Crippen molar-refractivity contribution in [3.05, 3.63) is 34.9 Å². The van der Waals surface area contributed by atoms with Gasteiger partial charge in [-0.25, -0.2) is 0 Å². The molecule has 0 aliphatic carbocycles. The number of benzene rings is 1. The maximum absolute atomic E-state index is 10.5. The molecule has 1 N–H and O–H groups in total.